The Bertz CT molecular complexity index is 293. The minimum Gasteiger partial charge on any atom is -0.465 e. The average Bonchev–Trinajstić information content (AvgIpc) is 2.88. The zero-order valence-corrected chi connectivity index (χ0v) is 9.49. The van der Waals surface area contributed by atoms with Gasteiger partial charge >= 0.3 is 5.97 Å². The molecule has 5 heteroatoms. The van der Waals surface area contributed by atoms with Crippen molar-refractivity contribution in [2.75, 3.05) is 13.2 Å². The molecule has 2 heterocycles. The van der Waals surface area contributed by atoms with Crippen LogP contribution in [0.15, 0.2) is 0 Å². The summed E-state index contributed by atoms with van der Waals surface area (Å²) in [6.07, 6.45) is 3.15. The number of esters is 1. The second-order valence-electron chi connectivity index (χ2n) is 4.41. The van der Waals surface area contributed by atoms with Crippen LogP contribution >= 0.6 is 0 Å². The van der Waals surface area contributed by atoms with Crippen molar-refractivity contribution in [2.45, 2.75) is 38.3 Å². The molecule has 0 saturated carbocycles. The monoisotopic (exact) mass is 226 g/mol. The normalized spacial score (nSPS) is 31.4. The molecule has 0 aromatic carbocycles. The van der Waals surface area contributed by atoms with E-state index in [9.17, 15) is 9.59 Å². The van der Waals surface area contributed by atoms with Crippen molar-refractivity contribution < 1.29 is 14.3 Å². The molecule has 2 aliphatic rings. The molecule has 3 unspecified atom stereocenters. The molecule has 2 fully saturated rings. The van der Waals surface area contributed by atoms with Gasteiger partial charge in [-0.1, -0.05) is 0 Å². The van der Waals surface area contributed by atoms with Crippen molar-refractivity contribution in [2.24, 2.45) is 5.92 Å². The highest BCUT2D eigenvalue weighted by molar-refractivity contribution is 5.84. The van der Waals surface area contributed by atoms with Crippen molar-refractivity contribution in [3.8, 4) is 0 Å². The zero-order valence-electron chi connectivity index (χ0n) is 9.49. The van der Waals surface area contributed by atoms with Crippen LogP contribution in [0.2, 0.25) is 0 Å². The van der Waals surface area contributed by atoms with E-state index >= 15 is 0 Å². The standard InChI is InChI=1S/C11H18N2O3/c1-2-16-10(14)6-12-11(15)8-5-7-3-4-9(8)13-7/h7-9,13H,2-6H2,1H3,(H,12,15). The van der Waals surface area contributed by atoms with Crippen molar-refractivity contribution >= 4 is 11.9 Å². The summed E-state index contributed by atoms with van der Waals surface area (Å²) in [5, 5.41) is 6.04. The van der Waals surface area contributed by atoms with Crippen LogP contribution in [0.5, 0.6) is 0 Å². The summed E-state index contributed by atoms with van der Waals surface area (Å²) in [4.78, 5) is 22.9. The van der Waals surface area contributed by atoms with Gasteiger partial charge in [0.25, 0.3) is 0 Å². The number of amides is 1. The Hall–Kier alpha value is -1.10. The summed E-state index contributed by atoms with van der Waals surface area (Å²) in [6, 6.07) is 0.815. The van der Waals surface area contributed by atoms with Gasteiger partial charge in [-0.2, -0.15) is 0 Å². The van der Waals surface area contributed by atoms with Gasteiger partial charge in [-0.05, 0) is 26.2 Å². The molecular weight excluding hydrogens is 208 g/mol. The lowest BCUT2D eigenvalue weighted by molar-refractivity contribution is -0.143. The molecule has 1 amide bonds. The second kappa shape index (κ2) is 4.82. The van der Waals surface area contributed by atoms with Gasteiger partial charge in [-0.3, -0.25) is 9.59 Å². The lowest BCUT2D eigenvalue weighted by atomic mass is 9.88. The van der Waals surface area contributed by atoms with E-state index in [0.29, 0.717) is 18.7 Å². The molecule has 2 rings (SSSR count). The molecule has 0 aliphatic carbocycles. The van der Waals surface area contributed by atoms with Crippen molar-refractivity contribution in [3.63, 3.8) is 0 Å². The third-order valence-electron chi connectivity index (χ3n) is 3.35. The highest BCUT2D eigenvalue weighted by Crippen LogP contribution is 2.33. The number of nitrogens with one attached hydrogen (secondary N) is 2. The summed E-state index contributed by atoms with van der Waals surface area (Å²) in [5.41, 5.74) is 0. The molecule has 0 aromatic heterocycles. The third-order valence-corrected chi connectivity index (χ3v) is 3.35. The highest BCUT2D eigenvalue weighted by Gasteiger charge is 2.42. The van der Waals surface area contributed by atoms with Gasteiger partial charge in [-0.15, -0.1) is 0 Å². The largest absolute Gasteiger partial charge is 0.465 e. The van der Waals surface area contributed by atoms with Gasteiger partial charge in [0.05, 0.1) is 12.5 Å². The third kappa shape index (κ3) is 2.35. The molecule has 5 nitrogen and oxygen atoms in total. The molecule has 16 heavy (non-hydrogen) atoms. The van der Waals surface area contributed by atoms with Crippen LogP contribution in [0, 0.1) is 5.92 Å². The quantitative estimate of drug-likeness (QED) is 0.652. The lowest BCUT2D eigenvalue weighted by Gasteiger charge is -2.18. The summed E-state index contributed by atoms with van der Waals surface area (Å²) in [6.45, 7) is 2.09. The molecular formula is C11H18N2O3. The first-order chi connectivity index (χ1) is 7.70. The molecule has 0 radical (unpaired) electrons. The molecule has 3 atom stereocenters. The Kier molecular flexibility index (Phi) is 3.43. The lowest BCUT2D eigenvalue weighted by Crippen LogP contribution is -2.40. The summed E-state index contributed by atoms with van der Waals surface area (Å²) in [7, 11) is 0. The first-order valence-electron chi connectivity index (χ1n) is 5.90. The van der Waals surface area contributed by atoms with E-state index in [1.807, 2.05) is 0 Å². The van der Waals surface area contributed by atoms with Crippen molar-refractivity contribution in [3.05, 3.63) is 0 Å². The number of carbonyl (C=O) groups is 2. The van der Waals surface area contributed by atoms with Gasteiger partial charge in [0.2, 0.25) is 5.91 Å². The molecule has 2 bridgehead atoms. The second-order valence-corrected chi connectivity index (χ2v) is 4.41. The summed E-state index contributed by atoms with van der Waals surface area (Å²) < 4.78 is 4.75. The Labute approximate surface area is 94.9 Å². The number of hydrogen-bond donors (Lipinski definition) is 2. The first-order valence-corrected chi connectivity index (χ1v) is 5.90. The van der Waals surface area contributed by atoms with Crippen molar-refractivity contribution in [1.82, 2.24) is 10.6 Å². The fourth-order valence-corrected chi connectivity index (χ4v) is 2.62. The zero-order chi connectivity index (χ0) is 11.5. The molecule has 2 N–H and O–H groups in total. The Morgan fingerprint density at radius 1 is 1.44 bits per heavy atom. The van der Waals surface area contributed by atoms with E-state index in [4.69, 9.17) is 4.74 Å². The minimum atomic E-state index is -0.369. The van der Waals surface area contributed by atoms with Crippen molar-refractivity contribution in [1.29, 1.82) is 0 Å². The van der Waals surface area contributed by atoms with E-state index in [1.54, 1.807) is 6.92 Å². The fraction of sp³-hybridized carbons (Fsp3) is 0.818. The first kappa shape index (κ1) is 11.4. The van der Waals surface area contributed by atoms with Gasteiger partial charge in [0.1, 0.15) is 6.54 Å². The molecule has 0 aromatic rings. The predicted molar refractivity (Wildman–Crippen MR) is 57.7 cm³/mol. The Balaban J connectivity index is 1.74. The Morgan fingerprint density at radius 2 is 2.25 bits per heavy atom. The number of carbonyl (C=O) groups excluding carboxylic acids is 2. The minimum absolute atomic E-state index is 0.0133. The molecule has 0 spiro atoms. The van der Waals surface area contributed by atoms with Gasteiger partial charge in [0.15, 0.2) is 0 Å². The van der Waals surface area contributed by atoms with E-state index in [2.05, 4.69) is 10.6 Å². The number of ether oxygens (including phenoxy) is 1. The highest BCUT2D eigenvalue weighted by atomic mass is 16.5. The van der Waals surface area contributed by atoms with E-state index in [0.717, 1.165) is 12.8 Å². The summed E-state index contributed by atoms with van der Waals surface area (Å²) >= 11 is 0. The van der Waals surface area contributed by atoms with Crippen LogP contribution in [0.25, 0.3) is 0 Å². The predicted octanol–water partition coefficient (Wildman–Crippen LogP) is -0.194. The van der Waals surface area contributed by atoms with E-state index in [1.165, 1.54) is 6.42 Å². The van der Waals surface area contributed by atoms with E-state index < -0.39 is 0 Å². The van der Waals surface area contributed by atoms with Crippen LogP contribution in [0.3, 0.4) is 0 Å². The van der Waals surface area contributed by atoms with Crippen LogP contribution < -0.4 is 10.6 Å². The maximum Gasteiger partial charge on any atom is 0.325 e. The topological polar surface area (TPSA) is 67.4 Å². The fourth-order valence-electron chi connectivity index (χ4n) is 2.62. The van der Waals surface area contributed by atoms with Gasteiger partial charge in [-0.25, -0.2) is 0 Å². The van der Waals surface area contributed by atoms with Gasteiger partial charge in [0, 0.05) is 12.1 Å². The van der Waals surface area contributed by atoms with E-state index in [-0.39, 0.29) is 24.3 Å². The molecule has 2 saturated heterocycles. The number of hydrogen-bond acceptors (Lipinski definition) is 4. The maximum absolute atomic E-state index is 11.8. The van der Waals surface area contributed by atoms with Crippen LogP contribution in [-0.4, -0.2) is 37.1 Å². The SMILES string of the molecule is CCOC(=O)CNC(=O)C1CC2CCC1N2. The molecule has 2 aliphatic heterocycles. The Morgan fingerprint density at radius 3 is 2.81 bits per heavy atom. The van der Waals surface area contributed by atoms with Crippen LogP contribution in [0.1, 0.15) is 26.2 Å². The number of fused-ring (bicyclic) bond motifs is 2. The average molecular weight is 226 g/mol. The van der Waals surface area contributed by atoms with Crippen LogP contribution in [-0.2, 0) is 14.3 Å². The smallest absolute Gasteiger partial charge is 0.325 e. The molecule has 90 valence electrons. The summed E-state index contributed by atoms with van der Waals surface area (Å²) in [5.74, 6) is -0.354. The van der Waals surface area contributed by atoms with Crippen LogP contribution in [0.4, 0.5) is 0 Å². The number of rotatable bonds is 4. The maximum atomic E-state index is 11.8. The van der Waals surface area contributed by atoms with Gasteiger partial charge < -0.3 is 15.4 Å².